The maximum atomic E-state index is 13.2. The Kier molecular flexibility index (Phi) is 9.51. The number of β-lactam (4-membered cyclic amide) rings is 2. The van der Waals surface area contributed by atoms with E-state index in [1.54, 1.807) is 90.1 Å². The van der Waals surface area contributed by atoms with Crippen molar-refractivity contribution >= 4 is 23.4 Å². The van der Waals surface area contributed by atoms with Crippen molar-refractivity contribution in [2.45, 2.75) is 85.4 Å². The van der Waals surface area contributed by atoms with E-state index in [0.717, 1.165) is 0 Å². The second-order valence-corrected chi connectivity index (χ2v) is 13.3. The number of nitrogens with one attached hydrogen (secondary N) is 1. The number of carbonyl (C=O) groups excluding carboxylic acids is 4. The first-order valence-electron chi connectivity index (χ1n) is 14.3. The molecule has 2 aromatic carbocycles. The average molecular weight is 581 g/mol. The molecule has 4 rings (SSSR count). The molecule has 0 aromatic heterocycles. The monoisotopic (exact) mass is 580 g/mol. The van der Waals surface area contributed by atoms with Crippen molar-refractivity contribution in [3.8, 4) is 0 Å². The van der Waals surface area contributed by atoms with E-state index >= 15 is 0 Å². The molecule has 2 aliphatic heterocycles. The van der Waals surface area contributed by atoms with Crippen molar-refractivity contribution in [1.29, 1.82) is 0 Å². The molecule has 42 heavy (non-hydrogen) atoms. The first-order valence-corrected chi connectivity index (χ1v) is 14.3. The van der Waals surface area contributed by atoms with Gasteiger partial charge in [0.1, 0.15) is 12.1 Å². The van der Waals surface area contributed by atoms with Crippen LogP contribution in [0.5, 0.6) is 0 Å². The van der Waals surface area contributed by atoms with E-state index in [1.807, 2.05) is 12.1 Å². The lowest BCUT2D eigenvalue weighted by Crippen LogP contribution is -2.74. The maximum Gasteiger partial charge on any atom is 0.234 e. The number of nitrogens with zero attached hydrogens (tertiary/aromatic N) is 1. The Balaban J connectivity index is 0.000000291. The largest absolute Gasteiger partial charge is 0.392 e. The standard InChI is InChI=1S/C23H27NO4.C10H17NO3/c1-15(25)18-19(20(26)22(2,3)4)24(21(18)27)23(28,16-11-7-5-8-12-16)17-13-9-6-10-14-17;1-5(12)6-7(11-9(6)14)8(13)10(2,3)4/h5-15,18-19,25,28H,1-4H3;5-7,12H,1-4H3,(H,11,14)/t15-,18-,19+;5-,6-,7+/m11/s1. The number of benzene rings is 2. The van der Waals surface area contributed by atoms with Crippen molar-refractivity contribution in [1.82, 2.24) is 10.2 Å². The Hall–Kier alpha value is -3.40. The van der Waals surface area contributed by atoms with Crippen LogP contribution < -0.4 is 5.32 Å². The number of ketones is 2. The van der Waals surface area contributed by atoms with Crippen molar-refractivity contribution in [3.05, 3.63) is 71.8 Å². The summed E-state index contributed by atoms with van der Waals surface area (Å²) in [7, 11) is 0. The number of aliphatic hydroxyl groups is 3. The van der Waals surface area contributed by atoms with Crippen LogP contribution in [0.1, 0.15) is 66.5 Å². The average Bonchev–Trinajstić information content (AvgIpc) is 2.89. The number of rotatable bonds is 7. The molecule has 2 aliphatic rings. The minimum absolute atomic E-state index is 0.0250. The molecular formula is C33H44N2O7. The van der Waals surface area contributed by atoms with Gasteiger partial charge in [0.15, 0.2) is 17.3 Å². The molecule has 2 heterocycles. The third-order valence-corrected chi connectivity index (χ3v) is 7.87. The lowest BCUT2D eigenvalue weighted by Gasteiger charge is -2.56. The third kappa shape index (κ3) is 6.19. The predicted octanol–water partition coefficient (Wildman–Crippen LogP) is 2.80. The Bertz CT molecular complexity index is 1250. The summed E-state index contributed by atoms with van der Waals surface area (Å²) in [5.41, 5.74) is -2.04. The lowest BCUT2D eigenvalue weighted by atomic mass is 9.71. The Morgan fingerprint density at radius 1 is 0.738 bits per heavy atom. The Labute approximate surface area is 247 Å². The molecule has 0 aliphatic carbocycles. The minimum atomic E-state index is -1.81. The van der Waals surface area contributed by atoms with Gasteiger partial charge in [0, 0.05) is 22.0 Å². The van der Waals surface area contributed by atoms with E-state index in [0.29, 0.717) is 11.1 Å². The summed E-state index contributed by atoms with van der Waals surface area (Å²) in [5, 5.41) is 33.9. The summed E-state index contributed by atoms with van der Waals surface area (Å²) in [4.78, 5) is 50.4. The predicted molar refractivity (Wildman–Crippen MR) is 158 cm³/mol. The number of aliphatic hydroxyl groups excluding tert-OH is 2. The number of carbonyl (C=O) groups is 4. The molecule has 0 saturated carbocycles. The highest BCUT2D eigenvalue weighted by Crippen LogP contribution is 2.46. The quantitative estimate of drug-likeness (QED) is 0.369. The zero-order chi connectivity index (χ0) is 31.8. The second kappa shape index (κ2) is 12.1. The topological polar surface area (TPSA) is 144 Å². The zero-order valence-electron chi connectivity index (χ0n) is 25.7. The summed E-state index contributed by atoms with van der Waals surface area (Å²) in [6, 6.07) is 16.3. The van der Waals surface area contributed by atoms with Crippen LogP contribution >= 0.6 is 0 Å². The van der Waals surface area contributed by atoms with Crippen LogP contribution in [0, 0.1) is 22.7 Å². The fraction of sp³-hybridized carbons (Fsp3) is 0.515. The molecule has 6 atom stereocenters. The van der Waals surface area contributed by atoms with E-state index in [4.69, 9.17) is 0 Å². The van der Waals surface area contributed by atoms with Gasteiger partial charge in [-0.1, -0.05) is 102 Å². The van der Waals surface area contributed by atoms with E-state index in [-0.39, 0.29) is 17.5 Å². The minimum Gasteiger partial charge on any atom is -0.392 e. The SMILES string of the molecule is C[C@@H](O)[C@H]1C(=O)N(C(O)(c2ccccc2)c2ccccc2)[C@@H]1C(=O)C(C)(C)C.C[C@@H](O)[C@H]1C(=O)N[C@@H]1C(=O)C(C)(C)C. The molecule has 0 bridgehead atoms. The molecule has 9 heteroatoms. The highest BCUT2D eigenvalue weighted by atomic mass is 16.3. The van der Waals surface area contributed by atoms with Gasteiger partial charge in [0.05, 0.1) is 24.0 Å². The lowest BCUT2D eigenvalue weighted by molar-refractivity contribution is -0.207. The van der Waals surface area contributed by atoms with Gasteiger partial charge >= 0.3 is 0 Å². The maximum absolute atomic E-state index is 13.2. The molecule has 9 nitrogen and oxygen atoms in total. The van der Waals surface area contributed by atoms with Crippen LogP contribution in [0.3, 0.4) is 0 Å². The molecular weight excluding hydrogens is 536 g/mol. The van der Waals surface area contributed by atoms with Gasteiger partial charge in [-0.25, -0.2) is 0 Å². The fourth-order valence-corrected chi connectivity index (χ4v) is 5.44. The molecule has 2 amide bonds. The smallest absolute Gasteiger partial charge is 0.234 e. The molecule has 2 saturated heterocycles. The van der Waals surface area contributed by atoms with Gasteiger partial charge in [-0.2, -0.15) is 0 Å². The van der Waals surface area contributed by atoms with Gasteiger partial charge in [0.25, 0.3) is 0 Å². The molecule has 2 fully saturated rings. The fourth-order valence-electron chi connectivity index (χ4n) is 5.44. The number of amides is 2. The molecule has 0 unspecified atom stereocenters. The second-order valence-electron chi connectivity index (χ2n) is 13.3. The van der Waals surface area contributed by atoms with Crippen molar-refractivity contribution in [2.75, 3.05) is 0 Å². The Morgan fingerprint density at radius 3 is 1.48 bits per heavy atom. The first kappa shape index (κ1) is 33.1. The summed E-state index contributed by atoms with van der Waals surface area (Å²) >= 11 is 0. The number of likely N-dealkylation sites (tertiary alicyclic amines) is 1. The van der Waals surface area contributed by atoms with E-state index < -0.39 is 58.6 Å². The van der Waals surface area contributed by atoms with Crippen LogP contribution in [0.4, 0.5) is 0 Å². The van der Waals surface area contributed by atoms with Crippen LogP contribution in [-0.4, -0.2) is 67.9 Å². The van der Waals surface area contributed by atoms with Gasteiger partial charge < -0.3 is 20.6 Å². The summed E-state index contributed by atoms with van der Waals surface area (Å²) in [6.07, 6.45) is -1.75. The van der Waals surface area contributed by atoms with E-state index in [1.165, 1.54) is 18.7 Å². The van der Waals surface area contributed by atoms with Crippen LogP contribution in [0.2, 0.25) is 0 Å². The highest BCUT2D eigenvalue weighted by Gasteiger charge is 2.62. The molecule has 0 spiro atoms. The molecule has 4 N–H and O–H groups in total. The van der Waals surface area contributed by atoms with Crippen LogP contribution in [0.25, 0.3) is 0 Å². The van der Waals surface area contributed by atoms with E-state index in [9.17, 15) is 34.5 Å². The van der Waals surface area contributed by atoms with Crippen LogP contribution in [-0.2, 0) is 24.9 Å². The summed E-state index contributed by atoms with van der Waals surface area (Å²) in [5.74, 6) is -2.32. The third-order valence-electron chi connectivity index (χ3n) is 7.87. The van der Waals surface area contributed by atoms with Crippen molar-refractivity contribution in [2.24, 2.45) is 22.7 Å². The molecule has 2 aromatic rings. The molecule has 228 valence electrons. The van der Waals surface area contributed by atoms with Gasteiger partial charge in [-0.3, -0.25) is 24.1 Å². The number of hydrogen-bond acceptors (Lipinski definition) is 7. The van der Waals surface area contributed by atoms with E-state index in [2.05, 4.69) is 5.32 Å². The van der Waals surface area contributed by atoms with Crippen molar-refractivity contribution < 1.29 is 34.5 Å². The Morgan fingerprint density at radius 2 is 1.14 bits per heavy atom. The summed E-state index contributed by atoms with van der Waals surface area (Å²) < 4.78 is 0. The van der Waals surface area contributed by atoms with Crippen LogP contribution in [0.15, 0.2) is 60.7 Å². The number of hydrogen-bond donors (Lipinski definition) is 4. The van der Waals surface area contributed by atoms with Crippen molar-refractivity contribution in [3.63, 3.8) is 0 Å². The normalized spacial score (nSPS) is 23.8. The van der Waals surface area contributed by atoms with Gasteiger partial charge in [-0.05, 0) is 13.8 Å². The molecule has 0 radical (unpaired) electrons. The van der Waals surface area contributed by atoms with Gasteiger partial charge in [-0.15, -0.1) is 0 Å². The number of Topliss-reactive ketones (excluding diaryl/α,β-unsaturated/α-hetero) is 2. The highest BCUT2D eigenvalue weighted by molar-refractivity contribution is 6.03. The van der Waals surface area contributed by atoms with Gasteiger partial charge in [0.2, 0.25) is 11.8 Å². The summed E-state index contributed by atoms with van der Waals surface area (Å²) in [6.45, 7) is 13.8. The first-order chi connectivity index (χ1) is 19.3. The zero-order valence-corrected chi connectivity index (χ0v) is 25.7.